The first-order valence-electron chi connectivity index (χ1n) is 12.2. The van der Waals surface area contributed by atoms with E-state index in [0.29, 0.717) is 0 Å². The highest BCUT2D eigenvalue weighted by atomic mass is 19.4. The number of ether oxygens (including phenoxy) is 2. The Hall–Kier alpha value is -3.21. The minimum atomic E-state index is -4.71. The number of rotatable bonds is 9. The van der Waals surface area contributed by atoms with Gasteiger partial charge in [-0.2, -0.15) is 13.2 Å². The molecule has 0 spiro atoms. The number of alkyl halides is 3. The molecule has 0 aliphatic heterocycles. The van der Waals surface area contributed by atoms with Gasteiger partial charge in [-0.25, -0.2) is 6.57 Å². The fourth-order valence-electron chi connectivity index (χ4n) is 4.65. The molecule has 1 aliphatic carbocycles. The number of hydrogen-bond acceptors (Lipinski definition) is 3. The zero-order chi connectivity index (χ0) is 26.3. The third kappa shape index (κ3) is 6.93. The van der Waals surface area contributed by atoms with Crippen LogP contribution in [0, 0.1) is 6.57 Å². The number of amides is 1. The van der Waals surface area contributed by atoms with Gasteiger partial charge in [0.25, 0.3) is 0 Å². The Bertz CT molecular complexity index is 1070. The second-order valence-corrected chi connectivity index (χ2v) is 9.79. The third-order valence-corrected chi connectivity index (χ3v) is 6.75. The Labute approximate surface area is 210 Å². The summed E-state index contributed by atoms with van der Waals surface area (Å²) in [6, 6.07) is 11.4. The maximum atomic E-state index is 14.2. The van der Waals surface area contributed by atoms with Crippen molar-refractivity contribution in [3.8, 4) is 11.5 Å². The topological polar surface area (TPSA) is 51.9 Å². The van der Waals surface area contributed by atoms with E-state index in [1.165, 1.54) is 13.2 Å². The largest absolute Gasteiger partial charge is 0.493 e. The van der Waals surface area contributed by atoms with E-state index in [-0.39, 0.29) is 42.0 Å². The molecule has 0 heterocycles. The molecule has 0 aromatic heterocycles. The van der Waals surface area contributed by atoms with Gasteiger partial charge in [0.15, 0.2) is 11.5 Å². The van der Waals surface area contributed by atoms with Crippen molar-refractivity contribution in [1.29, 1.82) is 0 Å². The van der Waals surface area contributed by atoms with E-state index in [9.17, 15) is 18.0 Å². The molecule has 1 N–H and O–H groups in total. The standard InChI is InChI=1S/C28H33F3N2O3/c1-27(2,32-3)22(17-26(34)33-20-13-9-6-10-14-20)21-15-25(36-18-19-11-7-5-8-12-19)24(35-4)16-23(21)28(29,30)31/h5,7-8,11-12,15-16,20,22H,6,9-10,13-14,17-18H2,1-2,4H3,(H,33,34). The van der Waals surface area contributed by atoms with Gasteiger partial charge >= 0.3 is 6.18 Å². The van der Waals surface area contributed by atoms with Crippen molar-refractivity contribution in [2.75, 3.05) is 7.11 Å². The van der Waals surface area contributed by atoms with Crippen LogP contribution in [0.4, 0.5) is 13.2 Å². The van der Waals surface area contributed by atoms with Crippen LogP contribution in [-0.2, 0) is 17.6 Å². The van der Waals surface area contributed by atoms with Gasteiger partial charge in [0, 0.05) is 26.3 Å². The van der Waals surface area contributed by atoms with Gasteiger partial charge in [0.1, 0.15) is 6.61 Å². The number of benzene rings is 2. The maximum Gasteiger partial charge on any atom is 0.416 e. The van der Waals surface area contributed by atoms with E-state index >= 15 is 0 Å². The SMILES string of the molecule is [C-]#[N+]C(C)(C)C(CC(=O)NC1CCCCC1)c1cc(OCc2ccccc2)c(OC)cc1C(F)(F)F. The van der Waals surface area contributed by atoms with Crippen LogP contribution in [0.3, 0.4) is 0 Å². The lowest BCUT2D eigenvalue weighted by atomic mass is 9.77. The molecule has 1 amide bonds. The Kier molecular flexibility index (Phi) is 8.89. The summed E-state index contributed by atoms with van der Waals surface area (Å²) in [5.41, 5.74) is -1.51. The zero-order valence-electron chi connectivity index (χ0n) is 21.0. The van der Waals surface area contributed by atoms with Crippen LogP contribution in [0.5, 0.6) is 11.5 Å². The second-order valence-electron chi connectivity index (χ2n) is 9.79. The average Bonchev–Trinajstić information content (AvgIpc) is 2.86. The monoisotopic (exact) mass is 502 g/mol. The van der Waals surface area contributed by atoms with Crippen molar-refractivity contribution >= 4 is 5.91 Å². The molecule has 3 rings (SSSR count). The number of nitrogens with one attached hydrogen (secondary N) is 1. The molecule has 8 heteroatoms. The molecule has 2 aromatic carbocycles. The molecule has 194 valence electrons. The van der Waals surface area contributed by atoms with Crippen molar-refractivity contribution in [2.24, 2.45) is 0 Å². The molecule has 0 radical (unpaired) electrons. The molecule has 5 nitrogen and oxygen atoms in total. The zero-order valence-corrected chi connectivity index (χ0v) is 21.0. The lowest BCUT2D eigenvalue weighted by molar-refractivity contribution is -0.139. The predicted octanol–water partition coefficient (Wildman–Crippen LogP) is 6.91. The highest BCUT2D eigenvalue weighted by Gasteiger charge is 2.45. The number of hydrogen-bond donors (Lipinski definition) is 1. The molecule has 1 fully saturated rings. The van der Waals surface area contributed by atoms with E-state index < -0.39 is 23.2 Å². The molecule has 2 aromatic rings. The lowest BCUT2D eigenvalue weighted by Gasteiger charge is -2.29. The first-order valence-corrected chi connectivity index (χ1v) is 12.2. The maximum absolute atomic E-state index is 14.2. The first-order chi connectivity index (χ1) is 17.0. The molecule has 1 aliphatic rings. The van der Waals surface area contributed by atoms with Gasteiger partial charge in [-0.3, -0.25) is 4.79 Å². The Morgan fingerprint density at radius 2 is 1.78 bits per heavy atom. The highest BCUT2D eigenvalue weighted by Crippen LogP contribution is 2.46. The van der Waals surface area contributed by atoms with E-state index in [1.54, 1.807) is 13.8 Å². The van der Waals surface area contributed by atoms with Gasteiger partial charge in [-0.1, -0.05) is 49.6 Å². The van der Waals surface area contributed by atoms with E-state index in [4.69, 9.17) is 16.0 Å². The Morgan fingerprint density at radius 3 is 2.36 bits per heavy atom. The first kappa shape index (κ1) is 27.4. The van der Waals surface area contributed by atoms with E-state index in [0.717, 1.165) is 43.7 Å². The van der Waals surface area contributed by atoms with Crippen molar-refractivity contribution in [1.82, 2.24) is 5.32 Å². The molecule has 36 heavy (non-hydrogen) atoms. The van der Waals surface area contributed by atoms with Gasteiger partial charge in [-0.15, -0.1) is 0 Å². The second kappa shape index (κ2) is 11.7. The Balaban J connectivity index is 2.00. The van der Waals surface area contributed by atoms with Gasteiger partial charge in [0.2, 0.25) is 11.4 Å². The number of halogens is 3. The van der Waals surface area contributed by atoms with Crippen LogP contribution < -0.4 is 14.8 Å². The van der Waals surface area contributed by atoms with Crippen molar-refractivity contribution < 1.29 is 27.4 Å². The molecule has 1 unspecified atom stereocenters. The summed E-state index contributed by atoms with van der Waals surface area (Å²) in [6.45, 7) is 10.9. The summed E-state index contributed by atoms with van der Waals surface area (Å²) >= 11 is 0. The third-order valence-electron chi connectivity index (χ3n) is 6.75. The van der Waals surface area contributed by atoms with Crippen LogP contribution in [0.15, 0.2) is 42.5 Å². The summed E-state index contributed by atoms with van der Waals surface area (Å²) in [6.07, 6.45) is -0.0865. The number of nitrogens with zero attached hydrogens (tertiary/aromatic N) is 1. The summed E-state index contributed by atoms with van der Waals surface area (Å²) in [5.74, 6) is -1.30. The number of carbonyl (C=O) groups excluding carboxylic acids is 1. The van der Waals surface area contributed by atoms with Crippen LogP contribution in [0.1, 0.15) is 75.0 Å². The smallest absolute Gasteiger partial charge is 0.416 e. The molecular weight excluding hydrogens is 469 g/mol. The summed E-state index contributed by atoms with van der Waals surface area (Å²) in [4.78, 5) is 16.6. The number of methoxy groups -OCH3 is 1. The predicted molar refractivity (Wildman–Crippen MR) is 132 cm³/mol. The average molecular weight is 503 g/mol. The lowest BCUT2D eigenvalue weighted by Crippen LogP contribution is -2.39. The highest BCUT2D eigenvalue weighted by molar-refractivity contribution is 5.78. The van der Waals surface area contributed by atoms with Crippen molar-refractivity contribution in [3.05, 3.63) is 70.6 Å². The minimum absolute atomic E-state index is 0.0191. The fourth-order valence-corrected chi connectivity index (χ4v) is 4.65. The quantitative estimate of drug-likeness (QED) is 0.379. The minimum Gasteiger partial charge on any atom is -0.493 e. The van der Waals surface area contributed by atoms with Gasteiger partial charge < -0.3 is 19.6 Å². The molecule has 0 saturated heterocycles. The fraction of sp³-hybridized carbons (Fsp3) is 0.500. The molecule has 1 saturated carbocycles. The van der Waals surface area contributed by atoms with E-state index in [2.05, 4.69) is 10.2 Å². The van der Waals surface area contributed by atoms with Crippen molar-refractivity contribution in [3.63, 3.8) is 0 Å². The normalized spacial score (nSPS) is 15.6. The van der Waals surface area contributed by atoms with Crippen molar-refractivity contribution in [2.45, 2.75) is 82.7 Å². The van der Waals surface area contributed by atoms with Gasteiger partial charge in [0.05, 0.1) is 18.6 Å². The van der Waals surface area contributed by atoms with Crippen LogP contribution in [-0.4, -0.2) is 24.6 Å². The van der Waals surface area contributed by atoms with E-state index in [1.807, 2.05) is 30.3 Å². The molecule has 0 bridgehead atoms. The Morgan fingerprint density at radius 1 is 1.11 bits per heavy atom. The van der Waals surface area contributed by atoms with Crippen LogP contribution in [0.2, 0.25) is 0 Å². The summed E-state index contributed by atoms with van der Waals surface area (Å²) in [7, 11) is 1.28. The van der Waals surface area contributed by atoms with Gasteiger partial charge in [-0.05, 0) is 36.1 Å². The van der Waals surface area contributed by atoms with Crippen LogP contribution >= 0.6 is 0 Å². The summed E-state index contributed by atoms with van der Waals surface area (Å²) < 4.78 is 53.8. The molecular formula is C28H33F3N2O3. The summed E-state index contributed by atoms with van der Waals surface area (Å²) in [5, 5.41) is 2.98. The van der Waals surface area contributed by atoms with Crippen LogP contribution in [0.25, 0.3) is 4.85 Å². The number of carbonyl (C=O) groups is 1. The molecule has 1 atom stereocenters.